The summed E-state index contributed by atoms with van der Waals surface area (Å²) in [6, 6.07) is 16.9. The van der Waals surface area contributed by atoms with Crippen molar-refractivity contribution in [2.24, 2.45) is 0 Å². The zero-order valence-electron chi connectivity index (χ0n) is 20.7. The summed E-state index contributed by atoms with van der Waals surface area (Å²) in [6.07, 6.45) is 1.54. The number of aromatic nitrogens is 1. The molecule has 0 spiro atoms. The molecule has 0 saturated carbocycles. The van der Waals surface area contributed by atoms with Crippen molar-refractivity contribution >= 4 is 23.5 Å². The molecular formula is C28H32ClN3O3. The molecule has 1 aromatic heterocycles. The summed E-state index contributed by atoms with van der Waals surface area (Å²) >= 11 is 6.14. The minimum Gasteiger partial charge on any atom is -0.444 e. The van der Waals surface area contributed by atoms with Crippen molar-refractivity contribution in [1.82, 2.24) is 14.8 Å². The maximum Gasteiger partial charge on any atom is 0.411 e. The monoisotopic (exact) mass is 493 g/mol. The summed E-state index contributed by atoms with van der Waals surface area (Å²) in [7, 11) is 0. The molecule has 1 saturated heterocycles. The third kappa shape index (κ3) is 5.77. The van der Waals surface area contributed by atoms with Crippen LogP contribution in [0.25, 0.3) is 11.1 Å². The zero-order valence-corrected chi connectivity index (χ0v) is 21.4. The van der Waals surface area contributed by atoms with Crippen molar-refractivity contribution in [3.8, 4) is 11.1 Å². The molecule has 0 bridgehead atoms. The molecule has 184 valence electrons. The third-order valence-electron chi connectivity index (χ3n) is 6.00. The van der Waals surface area contributed by atoms with Crippen LogP contribution in [0.1, 0.15) is 42.4 Å². The number of carbonyl (C=O) groups is 2. The van der Waals surface area contributed by atoms with Gasteiger partial charge in [-0.05, 0) is 56.5 Å². The van der Waals surface area contributed by atoms with Crippen molar-refractivity contribution in [1.29, 1.82) is 0 Å². The number of hydrogen-bond acceptors (Lipinski definition) is 4. The van der Waals surface area contributed by atoms with E-state index in [1.807, 2.05) is 93.1 Å². The molecule has 2 heterocycles. The van der Waals surface area contributed by atoms with Gasteiger partial charge in [0.2, 0.25) is 5.78 Å². The van der Waals surface area contributed by atoms with Gasteiger partial charge in [-0.3, -0.25) is 9.69 Å². The SMILES string of the molecule is Cc1cn(Cc2ccccc2)c(C(=O)C2CNCCN2C(=O)OC(C)(C)C)c1-c1ccc(Cl)cc1. The summed E-state index contributed by atoms with van der Waals surface area (Å²) in [4.78, 5) is 28.8. The molecule has 4 rings (SSSR count). The number of ketones is 1. The predicted octanol–water partition coefficient (Wildman–Crippen LogP) is 5.56. The van der Waals surface area contributed by atoms with Crippen LogP contribution < -0.4 is 5.32 Å². The average Bonchev–Trinajstić information content (AvgIpc) is 3.14. The molecule has 1 atom stereocenters. The molecule has 2 aromatic carbocycles. The highest BCUT2D eigenvalue weighted by Crippen LogP contribution is 2.32. The first-order valence-electron chi connectivity index (χ1n) is 11.9. The molecule has 1 aliphatic rings. The Morgan fingerprint density at radius 2 is 1.77 bits per heavy atom. The lowest BCUT2D eigenvalue weighted by atomic mass is 9.96. The number of carbonyl (C=O) groups excluding carboxylic acids is 2. The number of benzene rings is 2. The van der Waals surface area contributed by atoms with E-state index in [-0.39, 0.29) is 5.78 Å². The lowest BCUT2D eigenvalue weighted by Gasteiger charge is -2.36. The number of amides is 1. The molecular weight excluding hydrogens is 462 g/mol. The number of nitrogens with one attached hydrogen (secondary N) is 1. The maximum atomic E-state index is 14.2. The van der Waals surface area contributed by atoms with Crippen LogP contribution in [0.5, 0.6) is 0 Å². The van der Waals surface area contributed by atoms with Gasteiger partial charge in [0.1, 0.15) is 11.6 Å². The Morgan fingerprint density at radius 1 is 1.09 bits per heavy atom. The normalized spacial score (nSPS) is 16.3. The minimum absolute atomic E-state index is 0.114. The number of rotatable bonds is 5. The van der Waals surface area contributed by atoms with Crippen LogP contribution >= 0.6 is 11.6 Å². The van der Waals surface area contributed by atoms with Crippen molar-refractivity contribution in [3.05, 3.63) is 82.6 Å². The average molecular weight is 494 g/mol. The summed E-state index contributed by atoms with van der Waals surface area (Å²) in [5.74, 6) is -0.114. The molecule has 7 heteroatoms. The number of piperazine rings is 1. The van der Waals surface area contributed by atoms with Gasteiger partial charge in [-0.15, -0.1) is 0 Å². The van der Waals surface area contributed by atoms with Gasteiger partial charge in [-0.1, -0.05) is 54.1 Å². The van der Waals surface area contributed by atoms with Gasteiger partial charge in [0.05, 0.1) is 5.69 Å². The van der Waals surface area contributed by atoms with Gasteiger partial charge < -0.3 is 14.6 Å². The topological polar surface area (TPSA) is 63.6 Å². The van der Waals surface area contributed by atoms with Crippen LogP contribution in [-0.2, 0) is 11.3 Å². The molecule has 1 N–H and O–H groups in total. The zero-order chi connectivity index (χ0) is 25.2. The summed E-state index contributed by atoms with van der Waals surface area (Å²) < 4.78 is 7.64. The Kier molecular flexibility index (Phi) is 7.33. The molecule has 6 nitrogen and oxygen atoms in total. The van der Waals surface area contributed by atoms with E-state index in [9.17, 15) is 9.59 Å². The van der Waals surface area contributed by atoms with Crippen LogP contribution in [0.2, 0.25) is 5.02 Å². The van der Waals surface area contributed by atoms with E-state index in [2.05, 4.69) is 5.32 Å². The lowest BCUT2D eigenvalue weighted by Crippen LogP contribution is -2.58. The Hall–Kier alpha value is -3.09. The number of hydrogen-bond donors (Lipinski definition) is 1. The fourth-order valence-corrected chi connectivity index (χ4v) is 4.61. The van der Waals surface area contributed by atoms with Crippen LogP contribution in [0.15, 0.2) is 60.8 Å². The summed E-state index contributed by atoms with van der Waals surface area (Å²) in [5.41, 5.74) is 3.78. The third-order valence-corrected chi connectivity index (χ3v) is 6.26. The first-order chi connectivity index (χ1) is 16.6. The first kappa shape index (κ1) is 25.0. The van der Waals surface area contributed by atoms with Gasteiger partial charge in [0.25, 0.3) is 0 Å². The number of ether oxygens (including phenoxy) is 1. The second-order valence-corrected chi connectivity index (χ2v) is 10.4. The van der Waals surface area contributed by atoms with E-state index >= 15 is 0 Å². The molecule has 1 unspecified atom stereocenters. The second kappa shape index (κ2) is 10.3. The van der Waals surface area contributed by atoms with Gasteiger partial charge in [0, 0.05) is 43.0 Å². The Balaban J connectivity index is 1.78. The molecule has 3 aromatic rings. The standard InChI is InChI=1S/C28H32ClN3O3/c1-19-17-31(18-20-8-6-5-7-9-20)25(24(19)21-10-12-22(29)13-11-21)26(33)23-16-30-14-15-32(23)27(34)35-28(2,3)4/h5-13,17,23,30H,14-16,18H2,1-4H3. The van der Waals surface area contributed by atoms with Crippen molar-refractivity contribution in [3.63, 3.8) is 0 Å². The molecule has 0 radical (unpaired) electrons. The number of halogens is 1. The van der Waals surface area contributed by atoms with Crippen LogP contribution in [-0.4, -0.2) is 52.6 Å². The Bertz CT molecular complexity index is 1200. The maximum absolute atomic E-state index is 14.2. The van der Waals surface area contributed by atoms with E-state index in [4.69, 9.17) is 16.3 Å². The molecule has 0 aliphatic carbocycles. The minimum atomic E-state index is -0.673. The van der Waals surface area contributed by atoms with Gasteiger partial charge >= 0.3 is 6.09 Å². The van der Waals surface area contributed by atoms with Gasteiger partial charge in [-0.25, -0.2) is 4.79 Å². The fourth-order valence-electron chi connectivity index (χ4n) is 4.48. The number of nitrogens with zero attached hydrogens (tertiary/aromatic N) is 2. The highest BCUT2D eigenvalue weighted by Gasteiger charge is 2.37. The van der Waals surface area contributed by atoms with Crippen LogP contribution in [0, 0.1) is 6.92 Å². The van der Waals surface area contributed by atoms with Crippen LogP contribution in [0.3, 0.4) is 0 Å². The summed E-state index contributed by atoms with van der Waals surface area (Å²) in [5, 5.41) is 3.91. The smallest absolute Gasteiger partial charge is 0.411 e. The fraction of sp³-hybridized carbons (Fsp3) is 0.357. The van der Waals surface area contributed by atoms with Crippen LogP contribution in [0.4, 0.5) is 4.79 Å². The number of Topliss-reactive ketones (excluding diaryl/α,β-unsaturated/α-hetero) is 1. The highest BCUT2D eigenvalue weighted by molar-refractivity contribution is 6.30. The molecule has 1 fully saturated rings. The molecule has 1 aliphatic heterocycles. The van der Waals surface area contributed by atoms with Crippen molar-refractivity contribution in [2.45, 2.75) is 45.9 Å². The van der Waals surface area contributed by atoms with E-state index in [0.29, 0.717) is 36.9 Å². The largest absolute Gasteiger partial charge is 0.444 e. The summed E-state index contributed by atoms with van der Waals surface area (Å²) in [6.45, 7) is 9.42. The quantitative estimate of drug-likeness (QED) is 0.473. The second-order valence-electron chi connectivity index (χ2n) is 9.91. The molecule has 1 amide bonds. The lowest BCUT2D eigenvalue weighted by molar-refractivity contribution is 0.0123. The van der Waals surface area contributed by atoms with E-state index in [0.717, 1.165) is 22.3 Å². The first-order valence-corrected chi connectivity index (χ1v) is 12.3. The number of aryl methyl sites for hydroxylation is 1. The predicted molar refractivity (Wildman–Crippen MR) is 139 cm³/mol. The molecule has 35 heavy (non-hydrogen) atoms. The van der Waals surface area contributed by atoms with Gasteiger partial charge in [-0.2, -0.15) is 0 Å². The van der Waals surface area contributed by atoms with E-state index in [1.165, 1.54) is 0 Å². The van der Waals surface area contributed by atoms with E-state index < -0.39 is 17.7 Å². The van der Waals surface area contributed by atoms with Crippen molar-refractivity contribution < 1.29 is 14.3 Å². The van der Waals surface area contributed by atoms with Gasteiger partial charge in [0.15, 0.2) is 0 Å². The van der Waals surface area contributed by atoms with Crippen molar-refractivity contribution in [2.75, 3.05) is 19.6 Å². The Labute approximate surface area is 211 Å². The van der Waals surface area contributed by atoms with E-state index in [1.54, 1.807) is 4.90 Å². The Morgan fingerprint density at radius 3 is 2.43 bits per heavy atom. The highest BCUT2D eigenvalue weighted by atomic mass is 35.5.